The van der Waals surface area contributed by atoms with E-state index in [2.05, 4.69) is 10.1 Å². The maximum absolute atomic E-state index is 13.5. The van der Waals surface area contributed by atoms with Crippen molar-refractivity contribution in [1.82, 2.24) is 14.8 Å². The summed E-state index contributed by atoms with van der Waals surface area (Å²) in [7, 11) is 0. The Labute approximate surface area is 90.5 Å². The molecule has 1 aromatic heterocycles. The largest absolute Gasteiger partial charge is 0.366 e. The molecule has 0 aliphatic rings. The molecule has 0 bridgehead atoms. The van der Waals surface area contributed by atoms with E-state index in [0.29, 0.717) is 5.82 Å². The van der Waals surface area contributed by atoms with Crippen molar-refractivity contribution in [3.63, 3.8) is 0 Å². The molecule has 0 saturated heterocycles. The first-order valence-electron chi connectivity index (χ1n) is 4.23. The number of nitrogens with zero attached hydrogens (tertiary/aromatic N) is 3. The van der Waals surface area contributed by atoms with E-state index < -0.39 is 5.82 Å². The second kappa shape index (κ2) is 3.51. The van der Waals surface area contributed by atoms with Crippen LogP contribution in [0.5, 0.6) is 0 Å². The van der Waals surface area contributed by atoms with Crippen LogP contribution in [0.3, 0.4) is 0 Å². The Morgan fingerprint density at radius 3 is 2.73 bits per heavy atom. The Hall–Kier alpha value is -1.62. The lowest BCUT2D eigenvalue weighted by Crippen LogP contribution is -2.03. The van der Waals surface area contributed by atoms with Crippen molar-refractivity contribution < 1.29 is 4.39 Å². The minimum absolute atomic E-state index is 0.0896. The van der Waals surface area contributed by atoms with E-state index in [0.717, 1.165) is 0 Å². The van der Waals surface area contributed by atoms with Crippen molar-refractivity contribution in [2.24, 2.45) is 0 Å². The van der Waals surface area contributed by atoms with Crippen molar-refractivity contribution in [1.29, 1.82) is 0 Å². The summed E-state index contributed by atoms with van der Waals surface area (Å²) >= 11 is 5.88. The van der Waals surface area contributed by atoms with Crippen LogP contribution in [-0.2, 0) is 0 Å². The van der Waals surface area contributed by atoms with Gasteiger partial charge in [0.1, 0.15) is 17.3 Å². The summed E-state index contributed by atoms with van der Waals surface area (Å²) in [6.07, 6.45) is 0. The first-order chi connectivity index (χ1) is 7.09. The van der Waals surface area contributed by atoms with Crippen LogP contribution in [-0.4, -0.2) is 14.8 Å². The number of rotatable bonds is 1. The fourth-order valence-electron chi connectivity index (χ4n) is 1.31. The molecule has 2 N–H and O–H groups in total. The number of anilines is 1. The van der Waals surface area contributed by atoms with Crippen molar-refractivity contribution in [2.45, 2.75) is 6.92 Å². The van der Waals surface area contributed by atoms with Gasteiger partial charge in [-0.25, -0.2) is 9.07 Å². The van der Waals surface area contributed by atoms with Gasteiger partial charge in [0.2, 0.25) is 5.95 Å². The van der Waals surface area contributed by atoms with Gasteiger partial charge in [-0.1, -0.05) is 17.7 Å². The van der Waals surface area contributed by atoms with Gasteiger partial charge in [0.05, 0.1) is 5.02 Å². The van der Waals surface area contributed by atoms with Crippen LogP contribution in [0.15, 0.2) is 18.2 Å². The summed E-state index contributed by atoms with van der Waals surface area (Å²) in [6.45, 7) is 1.67. The number of para-hydroxylation sites is 1. The van der Waals surface area contributed by atoms with E-state index in [1.807, 2.05) is 0 Å². The first-order valence-corrected chi connectivity index (χ1v) is 4.61. The lowest BCUT2D eigenvalue weighted by atomic mass is 10.3. The third-order valence-electron chi connectivity index (χ3n) is 1.93. The van der Waals surface area contributed by atoms with E-state index in [1.165, 1.54) is 16.8 Å². The van der Waals surface area contributed by atoms with Crippen LogP contribution < -0.4 is 5.73 Å². The topological polar surface area (TPSA) is 56.7 Å². The molecule has 78 valence electrons. The summed E-state index contributed by atoms with van der Waals surface area (Å²) in [5, 5.41) is 4.13. The van der Waals surface area contributed by atoms with Crippen molar-refractivity contribution in [3.8, 4) is 5.69 Å². The Morgan fingerprint density at radius 1 is 1.47 bits per heavy atom. The number of benzene rings is 1. The quantitative estimate of drug-likeness (QED) is 0.809. The highest BCUT2D eigenvalue weighted by atomic mass is 35.5. The zero-order valence-corrected chi connectivity index (χ0v) is 8.66. The zero-order valence-electron chi connectivity index (χ0n) is 7.91. The Morgan fingerprint density at radius 2 is 2.20 bits per heavy atom. The molecule has 6 heteroatoms. The van der Waals surface area contributed by atoms with Crippen molar-refractivity contribution >= 4 is 17.5 Å². The number of halogens is 2. The second-order valence-electron chi connectivity index (χ2n) is 3.00. The van der Waals surface area contributed by atoms with Crippen LogP contribution in [0.2, 0.25) is 5.02 Å². The van der Waals surface area contributed by atoms with Crippen LogP contribution >= 0.6 is 11.6 Å². The summed E-state index contributed by atoms with van der Waals surface area (Å²) in [4.78, 5) is 3.87. The van der Waals surface area contributed by atoms with Gasteiger partial charge in [-0.2, -0.15) is 4.98 Å². The molecule has 1 aromatic carbocycles. The molecule has 1 heterocycles. The number of nitrogens with two attached hydrogens (primary N) is 1. The Balaban J connectivity index is 2.68. The maximum Gasteiger partial charge on any atom is 0.240 e. The molecule has 0 aliphatic carbocycles. The minimum Gasteiger partial charge on any atom is -0.366 e. The van der Waals surface area contributed by atoms with Crippen LogP contribution in [0.4, 0.5) is 10.3 Å². The summed E-state index contributed by atoms with van der Waals surface area (Å²) in [5.41, 5.74) is 5.58. The van der Waals surface area contributed by atoms with Gasteiger partial charge in [-0.3, -0.25) is 0 Å². The molecule has 0 unspecified atom stereocenters. The molecular formula is C9H8ClFN4. The SMILES string of the molecule is Cc1nc(N)nn1-c1c(F)cccc1Cl. The van der Waals surface area contributed by atoms with Gasteiger partial charge >= 0.3 is 0 Å². The highest BCUT2D eigenvalue weighted by Gasteiger charge is 2.13. The molecule has 0 atom stereocenters. The second-order valence-corrected chi connectivity index (χ2v) is 3.41. The van der Waals surface area contributed by atoms with E-state index in [-0.39, 0.29) is 16.7 Å². The van der Waals surface area contributed by atoms with Gasteiger partial charge < -0.3 is 5.73 Å². The standard InChI is InChI=1S/C9H8ClFN4/c1-5-13-9(12)14-15(5)8-6(10)3-2-4-7(8)11/h2-4H,1H3,(H2,12,14). The van der Waals surface area contributed by atoms with Gasteiger partial charge in [0.15, 0.2) is 0 Å². The predicted molar refractivity (Wildman–Crippen MR) is 55.5 cm³/mol. The van der Waals surface area contributed by atoms with Crippen LogP contribution in [0.25, 0.3) is 5.69 Å². The highest BCUT2D eigenvalue weighted by Crippen LogP contribution is 2.23. The average molecular weight is 227 g/mol. The Bertz CT molecular complexity index is 489. The molecule has 15 heavy (non-hydrogen) atoms. The normalized spacial score (nSPS) is 10.6. The molecule has 0 amide bonds. The number of hydrogen-bond donors (Lipinski definition) is 1. The third kappa shape index (κ3) is 1.66. The van der Waals surface area contributed by atoms with Gasteiger partial charge in [-0.05, 0) is 19.1 Å². The number of hydrogen-bond acceptors (Lipinski definition) is 3. The van der Waals surface area contributed by atoms with Crippen molar-refractivity contribution in [3.05, 3.63) is 34.9 Å². The fourth-order valence-corrected chi connectivity index (χ4v) is 1.56. The summed E-state index contributed by atoms with van der Waals surface area (Å²) in [5.74, 6) is 0.113. The molecule has 0 saturated carbocycles. The predicted octanol–water partition coefficient (Wildman–Crippen LogP) is 1.95. The van der Waals surface area contributed by atoms with Gasteiger partial charge in [-0.15, -0.1) is 5.10 Å². The average Bonchev–Trinajstić information content (AvgIpc) is 2.45. The smallest absolute Gasteiger partial charge is 0.240 e. The lowest BCUT2D eigenvalue weighted by Gasteiger charge is -2.05. The third-order valence-corrected chi connectivity index (χ3v) is 2.24. The van der Waals surface area contributed by atoms with E-state index in [4.69, 9.17) is 17.3 Å². The van der Waals surface area contributed by atoms with E-state index in [1.54, 1.807) is 13.0 Å². The number of nitrogen functional groups attached to an aromatic ring is 1. The molecule has 2 rings (SSSR count). The maximum atomic E-state index is 13.5. The van der Waals surface area contributed by atoms with Crippen molar-refractivity contribution in [2.75, 3.05) is 5.73 Å². The molecule has 4 nitrogen and oxygen atoms in total. The highest BCUT2D eigenvalue weighted by molar-refractivity contribution is 6.32. The van der Waals surface area contributed by atoms with Crippen LogP contribution in [0.1, 0.15) is 5.82 Å². The van der Waals surface area contributed by atoms with Gasteiger partial charge in [0.25, 0.3) is 0 Å². The molecule has 0 fully saturated rings. The number of aromatic nitrogens is 3. The van der Waals surface area contributed by atoms with E-state index >= 15 is 0 Å². The monoisotopic (exact) mass is 226 g/mol. The van der Waals surface area contributed by atoms with Gasteiger partial charge in [0, 0.05) is 0 Å². The minimum atomic E-state index is -0.462. The molecule has 0 aliphatic heterocycles. The fraction of sp³-hybridized carbons (Fsp3) is 0.111. The summed E-state index contributed by atoms with van der Waals surface area (Å²) in [6, 6.07) is 4.41. The lowest BCUT2D eigenvalue weighted by molar-refractivity contribution is 0.608. The zero-order chi connectivity index (χ0) is 11.0. The number of aryl methyl sites for hydroxylation is 1. The first kappa shape index (κ1) is 9.92. The molecule has 2 aromatic rings. The Kier molecular flexibility index (Phi) is 2.32. The molecule has 0 radical (unpaired) electrons. The molecule has 0 spiro atoms. The van der Waals surface area contributed by atoms with E-state index in [9.17, 15) is 4.39 Å². The molecular weight excluding hydrogens is 219 g/mol. The van der Waals surface area contributed by atoms with Crippen LogP contribution in [0, 0.1) is 12.7 Å². The summed E-state index contributed by atoms with van der Waals surface area (Å²) < 4.78 is 14.8.